The lowest BCUT2D eigenvalue weighted by molar-refractivity contribution is -0.00603. The zero-order valence-electron chi connectivity index (χ0n) is 10.9. The summed E-state index contributed by atoms with van der Waals surface area (Å²) in [6.07, 6.45) is 1.07. The molecule has 0 amide bonds. The molecule has 0 radical (unpaired) electrons. The lowest BCUT2D eigenvalue weighted by Crippen LogP contribution is -2.43. The molecule has 0 spiro atoms. The summed E-state index contributed by atoms with van der Waals surface area (Å²) < 4.78 is 60.1. The van der Waals surface area contributed by atoms with E-state index < -0.39 is 41.0 Å². The van der Waals surface area contributed by atoms with E-state index in [0.717, 1.165) is 12.1 Å². The van der Waals surface area contributed by atoms with Gasteiger partial charge in [-0.2, -0.15) is 4.79 Å². The molecule has 1 aliphatic carbocycles. The maximum absolute atomic E-state index is 13.7. The molecular weight excluding hydrogens is 319 g/mol. The average Bonchev–Trinajstić information content (AvgIpc) is 2.90. The minimum atomic E-state index is -4.53. The van der Waals surface area contributed by atoms with Crippen LogP contribution in [0.25, 0.3) is 5.53 Å². The number of benzene rings is 1. The largest absolute Gasteiger partial charge is 0.406 e. The van der Waals surface area contributed by atoms with Crippen molar-refractivity contribution in [1.29, 1.82) is 0 Å². The molecule has 0 saturated heterocycles. The molecule has 1 saturated carbocycles. The smallest absolute Gasteiger partial charge is 0.360 e. The molecule has 0 unspecified atom stereocenters. The van der Waals surface area contributed by atoms with Gasteiger partial charge in [0.2, 0.25) is 0 Å². The van der Waals surface area contributed by atoms with Crippen LogP contribution in [0.5, 0.6) is 0 Å². The molecular formula is C12H13FN2O4S2. The summed E-state index contributed by atoms with van der Waals surface area (Å²) in [6.45, 7) is 0. The molecule has 2 rings (SSSR count). The van der Waals surface area contributed by atoms with Crippen LogP contribution in [0.2, 0.25) is 0 Å². The number of halogens is 1. The highest BCUT2D eigenvalue weighted by atomic mass is 32.2. The van der Waals surface area contributed by atoms with Gasteiger partial charge in [-0.15, -0.1) is 0 Å². The maximum Gasteiger partial charge on any atom is 0.406 e. The van der Waals surface area contributed by atoms with Crippen LogP contribution >= 0.6 is 0 Å². The van der Waals surface area contributed by atoms with E-state index >= 15 is 0 Å². The molecule has 1 fully saturated rings. The van der Waals surface area contributed by atoms with Crippen LogP contribution in [0.4, 0.5) is 4.39 Å². The van der Waals surface area contributed by atoms with Crippen molar-refractivity contribution >= 4 is 25.6 Å². The third-order valence-electron chi connectivity index (χ3n) is 3.65. The van der Waals surface area contributed by atoms with E-state index in [1.165, 1.54) is 12.1 Å². The Bertz CT molecular complexity index is 781. The van der Waals surface area contributed by atoms with Crippen molar-refractivity contribution in [2.45, 2.75) is 35.3 Å². The first-order valence-electron chi connectivity index (χ1n) is 6.23. The summed E-state index contributed by atoms with van der Waals surface area (Å²) in [5.41, 5.74) is 9.11. The topological polar surface area (TPSA) is 105 Å². The number of rotatable bonds is 3. The average molecular weight is 332 g/mol. The molecule has 21 heavy (non-hydrogen) atoms. The van der Waals surface area contributed by atoms with Crippen LogP contribution in [0.3, 0.4) is 0 Å². The quantitative estimate of drug-likeness (QED) is 0.295. The highest BCUT2D eigenvalue weighted by Gasteiger charge is 2.55. The van der Waals surface area contributed by atoms with Gasteiger partial charge in [-0.1, -0.05) is 25.0 Å². The second-order valence-electron chi connectivity index (χ2n) is 4.83. The summed E-state index contributed by atoms with van der Waals surface area (Å²) in [6, 6.07) is 4.57. The number of sulfone groups is 1. The molecule has 0 aromatic heterocycles. The molecule has 0 atom stereocenters. The Hall–Kier alpha value is -1.57. The van der Waals surface area contributed by atoms with E-state index in [9.17, 15) is 21.2 Å². The number of nitrogens with zero attached hydrogens (tertiary/aromatic N) is 2. The molecule has 0 bridgehead atoms. The SMILES string of the molecule is [N-]=[N+]=C(C1([SH](=O)=O)CCCC1)S(=O)(=O)c1ccccc1F. The first-order chi connectivity index (χ1) is 9.86. The summed E-state index contributed by atoms with van der Waals surface area (Å²) in [5.74, 6) is -1.02. The van der Waals surface area contributed by atoms with Crippen LogP contribution in [0, 0.1) is 5.82 Å². The van der Waals surface area contributed by atoms with Crippen molar-refractivity contribution < 1.29 is 26.0 Å². The van der Waals surface area contributed by atoms with Crippen LogP contribution in [0.1, 0.15) is 25.7 Å². The van der Waals surface area contributed by atoms with Crippen LogP contribution < -0.4 is 0 Å². The van der Waals surface area contributed by atoms with Gasteiger partial charge in [0.1, 0.15) is 10.7 Å². The van der Waals surface area contributed by atoms with Crippen molar-refractivity contribution in [3.8, 4) is 0 Å². The Morgan fingerprint density at radius 2 is 1.81 bits per heavy atom. The van der Waals surface area contributed by atoms with Crippen molar-refractivity contribution in [2.24, 2.45) is 0 Å². The second kappa shape index (κ2) is 5.67. The minimum absolute atomic E-state index is 0.0405. The highest BCUT2D eigenvalue weighted by Crippen LogP contribution is 2.37. The Kier molecular flexibility index (Phi) is 4.27. The van der Waals surface area contributed by atoms with E-state index in [1.54, 1.807) is 0 Å². The number of thiol groups is 1. The van der Waals surface area contributed by atoms with E-state index in [1.807, 2.05) is 0 Å². The lowest BCUT2D eigenvalue weighted by Gasteiger charge is -2.16. The van der Waals surface area contributed by atoms with Gasteiger partial charge in [0.25, 0.3) is 9.84 Å². The summed E-state index contributed by atoms with van der Waals surface area (Å²) >= 11 is 0. The first kappa shape index (κ1) is 15.8. The molecule has 0 heterocycles. The van der Waals surface area contributed by atoms with Crippen molar-refractivity contribution in [3.63, 3.8) is 0 Å². The van der Waals surface area contributed by atoms with Gasteiger partial charge in [0.05, 0.1) is 0 Å². The molecule has 1 aromatic carbocycles. The normalized spacial score (nSPS) is 17.6. The maximum atomic E-state index is 13.7. The fraction of sp³-hybridized carbons (Fsp3) is 0.417. The Morgan fingerprint density at radius 3 is 2.29 bits per heavy atom. The number of hydrogen-bond donors (Lipinski definition) is 1. The highest BCUT2D eigenvalue weighted by molar-refractivity contribution is 8.07. The third-order valence-corrected chi connectivity index (χ3v) is 7.05. The Labute approximate surface area is 123 Å². The monoisotopic (exact) mass is 332 g/mol. The van der Waals surface area contributed by atoms with E-state index in [2.05, 4.69) is 4.79 Å². The predicted molar refractivity (Wildman–Crippen MR) is 73.7 cm³/mol. The summed E-state index contributed by atoms with van der Waals surface area (Å²) in [4.78, 5) is 2.04. The molecule has 114 valence electrons. The number of hydrogen-bond acceptors (Lipinski definition) is 4. The van der Waals surface area contributed by atoms with E-state index in [-0.39, 0.29) is 12.8 Å². The van der Waals surface area contributed by atoms with Crippen LogP contribution in [-0.2, 0) is 20.5 Å². The summed E-state index contributed by atoms with van der Waals surface area (Å²) in [5, 5.41) is -0.895. The van der Waals surface area contributed by atoms with Crippen LogP contribution in [-0.4, -0.2) is 31.4 Å². The molecule has 1 aromatic rings. The van der Waals surface area contributed by atoms with Crippen LogP contribution in [0.15, 0.2) is 29.2 Å². The predicted octanol–water partition coefficient (Wildman–Crippen LogP) is 1.15. The van der Waals surface area contributed by atoms with Gasteiger partial charge in [0, 0.05) is 0 Å². The molecule has 6 nitrogen and oxygen atoms in total. The van der Waals surface area contributed by atoms with Gasteiger partial charge in [-0.25, -0.2) is 21.2 Å². The van der Waals surface area contributed by atoms with Gasteiger partial charge >= 0.3 is 5.04 Å². The summed E-state index contributed by atoms with van der Waals surface area (Å²) in [7, 11) is -7.72. The van der Waals surface area contributed by atoms with E-state index in [4.69, 9.17) is 5.53 Å². The Morgan fingerprint density at radius 1 is 1.24 bits per heavy atom. The minimum Gasteiger partial charge on any atom is -0.360 e. The van der Waals surface area contributed by atoms with Gasteiger partial charge < -0.3 is 5.53 Å². The van der Waals surface area contributed by atoms with E-state index in [0.29, 0.717) is 12.8 Å². The zero-order valence-corrected chi connectivity index (χ0v) is 12.6. The van der Waals surface area contributed by atoms with Crippen molar-refractivity contribution in [1.82, 2.24) is 0 Å². The van der Waals surface area contributed by atoms with Crippen molar-refractivity contribution in [2.75, 3.05) is 0 Å². The lowest BCUT2D eigenvalue weighted by atomic mass is 10.1. The van der Waals surface area contributed by atoms with Gasteiger partial charge in [-0.05, 0) is 25.0 Å². The van der Waals surface area contributed by atoms with Gasteiger partial charge in [0.15, 0.2) is 15.5 Å². The zero-order chi connectivity index (χ0) is 15.7. The Balaban J connectivity index is 2.67. The standard InChI is InChI=1S/C12H13FN2O4S2/c13-9-5-1-2-6-10(9)21(18,19)11(15-14)12(20(16)17)7-3-4-8-12/h1-2,5-6,20H,3-4,7-8H2. The first-order valence-corrected chi connectivity index (χ1v) is 8.89. The molecule has 0 N–H and O–H groups in total. The van der Waals surface area contributed by atoms with Gasteiger partial charge in [-0.3, -0.25) is 0 Å². The third kappa shape index (κ3) is 2.52. The molecule has 0 aliphatic heterocycles. The second-order valence-corrected chi connectivity index (χ2v) is 8.04. The molecule has 9 heteroatoms. The fourth-order valence-corrected chi connectivity index (χ4v) is 5.67. The fourth-order valence-electron chi connectivity index (χ4n) is 2.60. The van der Waals surface area contributed by atoms with Crippen molar-refractivity contribution in [3.05, 3.63) is 35.6 Å². The molecule has 1 aliphatic rings.